The first kappa shape index (κ1) is 14.2. The Bertz CT molecular complexity index is 294. The maximum Gasteiger partial charge on any atom is 0.227 e. The molecular formula is C14H26N2OS. The predicted octanol–water partition coefficient (Wildman–Crippen LogP) is 2.25. The van der Waals surface area contributed by atoms with Gasteiger partial charge in [0, 0.05) is 29.6 Å². The third kappa shape index (κ3) is 3.02. The van der Waals surface area contributed by atoms with Crippen molar-refractivity contribution in [2.24, 2.45) is 11.7 Å². The fourth-order valence-electron chi connectivity index (χ4n) is 3.10. The van der Waals surface area contributed by atoms with E-state index >= 15 is 0 Å². The van der Waals surface area contributed by atoms with Crippen molar-refractivity contribution in [3.8, 4) is 0 Å². The van der Waals surface area contributed by atoms with E-state index in [1.165, 1.54) is 12.8 Å². The minimum Gasteiger partial charge on any atom is -0.338 e. The topological polar surface area (TPSA) is 46.3 Å². The van der Waals surface area contributed by atoms with E-state index in [2.05, 4.69) is 18.7 Å². The molecule has 0 spiro atoms. The van der Waals surface area contributed by atoms with Crippen LogP contribution in [-0.4, -0.2) is 40.4 Å². The maximum absolute atomic E-state index is 12.7. The number of rotatable bonds is 1. The van der Waals surface area contributed by atoms with Crippen LogP contribution >= 0.6 is 11.8 Å². The Labute approximate surface area is 115 Å². The van der Waals surface area contributed by atoms with Crippen molar-refractivity contribution in [1.82, 2.24) is 4.90 Å². The van der Waals surface area contributed by atoms with Crippen molar-refractivity contribution in [1.29, 1.82) is 0 Å². The summed E-state index contributed by atoms with van der Waals surface area (Å²) in [5, 5.41) is 0.546. The lowest BCUT2D eigenvalue weighted by Crippen LogP contribution is -2.52. The molecule has 1 aliphatic carbocycles. The first-order valence-electron chi connectivity index (χ1n) is 7.29. The third-order valence-electron chi connectivity index (χ3n) is 4.55. The van der Waals surface area contributed by atoms with Crippen LogP contribution < -0.4 is 5.73 Å². The molecule has 2 N–H and O–H groups in total. The molecule has 1 saturated carbocycles. The highest BCUT2D eigenvalue weighted by molar-refractivity contribution is 8.00. The van der Waals surface area contributed by atoms with Gasteiger partial charge in [0.15, 0.2) is 0 Å². The van der Waals surface area contributed by atoms with Crippen LogP contribution in [0.4, 0.5) is 0 Å². The molecule has 0 aromatic carbocycles. The molecule has 2 rings (SSSR count). The fourth-order valence-corrected chi connectivity index (χ4v) is 4.20. The third-order valence-corrected chi connectivity index (χ3v) is 5.89. The number of hydrogen-bond donors (Lipinski definition) is 1. The van der Waals surface area contributed by atoms with Crippen LogP contribution in [0.2, 0.25) is 0 Å². The van der Waals surface area contributed by atoms with Crippen LogP contribution in [-0.2, 0) is 4.79 Å². The monoisotopic (exact) mass is 270 g/mol. The molecule has 1 saturated heterocycles. The van der Waals surface area contributed by atoms with E-state index in [4.69, 9.17) is 5.73 Å². The Balaban J connectivity index is 2.04. The summed E-state index contributed by atoms with van der Waals surface area (Å²) in [7, 11) is 0. The summed E-state index contributed by atoms with van der Waals surface area (Å²) in [6.45, 7) is 5.30. The molecule has 0 bridgehead atoms. The van der Waals surface area contributed by atoms with Crippen molar-refractivity contribution >= 4 is 17.7 Å². The van der Waals surface area contributed by atoms with Gasteiger partial charge in [-0.2, -0.15) is 11.8 Å². The first-order chi connectivity index (χ1) is 8.61. The summed E-state index contributed by atoms with van der Waals surface area (Å²) in [6, 6.07) is 0.434. The molecule has 0 aromatic heterocycles. The zero-order chi connectivity index (χ0) is 13.1. The van der Waals surface area contributed by atoms with Crippen LogP contribution in [0.25, 0.3) is 0 Å². The Morgan fingerprint density at radius 3 is 2.72 bits per heavy atom. The number of carbonyl (C=O) groups excluding carboxylic acids is 1. The number of nitrogens with zero attached hydrogens (tertiary/aromatic N) is 1. The highest BCUT2D eigenvalue weighted by Gasteiger charge is 2.35. The van der Waals surface area contributed by atoms with Crippen LogP contribution in [0, 0.1) is 5.92 Å². The molecule has 0 radical (unpaired) electrons. The van der Waals surface area contributed by atoms with E-state index in [1.54, 1.807) is 0 Å². The van der Waals surface area contributed by atoms with E-state index in [0.717, 1.165) is 31.6 Å². The minimum absolute atomic E-state index is 0.0743. The number of hydrogen-bond acceptors (Lipinski definition) is 3. The summed E-state index contributed by atoms with van der Waals surface area (Å²) in [5.74, 6) is 1.47. The summed E-state index contributed by atoms with van der Waals surface area (Å²) >= 11 is 1.97. The largest absolute Gasteiger partial charge is 0.338 e. The molecular weight excluding hydrogens is 244 g/mol. The second kappa shape index (κ2) is 6.29. The molecule has 1 aliphatic heterocycles. The molecule has 2 fully saturated rings. The van der Waals surface area contributed by atoms with Gasteiger partial charge in [0.05, 0.1) is 5.92 Å². The van der Waals surface area contributed by atoms with Gasteiger partial charge in [-0.1, -0.05) is 26.2 Å². The van der Waals surface area contributed by atoms with E-state index in [-0.39, 0.29) is 12.0 Å². The lowest BCUT2D eigenvalue weighted by Gasteiger charge is -2.40. The molecule has 4 heteroatoms. The lowest BCUT2D eigenvalue weighted by molar-refractivity contribution is -0.138. The molecule has 1 amide bonds. The minimum atomic E-state index is 0.0743. The molecule has 2 aliphatic rings. The van der Waals surface area contributed by atoms with Gasteiger partial charge in [-0.05, 0) is 19.8 Å². The van der Waals surface area contributed by atoms with Crippen molar-refractivity contribution in [2.45, 2.75) is 63.3 Å². The molecule has 1 heterocycles. The van der Waals surface area contributed by atoms with Crippen LogP contribution in [0.3, 0.4) is 0 Å². The number of amides is 1. The van der Waals surface area contributed by atoms with Gasteiger partial charge in [-0.25, -0.2) is 0 Å². The van der Waals surface area contributed by atoms with Crippen LogP contribution in [0.5, 0.6) is 0 Å². The highest BCUT2D eigenvalue weighted by atomic mass is 32.2. The predicted molar refractivity (Wildman–Crippen MR) is 77.6 cm³/mol. The van der Waals surface area contributed by atoms with E-state index in [0.29, 0.717) is 17.2 Å². The first-order valence-corrected chi connectivity index (χ1v) is 8.34. The summed E-state index contributed by atoms with van der Waals surface area (Å²) in [4.78, 5) is 14.8. The van der Waals surface area contributed by atoms with Gasteiger partial charge >= 0.3 is 0 Å². The fraction of sp³-hybridized carbons (Fsp3) is 0.929. The number of thioether (sulfide) groups is 1. The van der Waals surface area contributed by atoms with Gasteiger partial charge in [-0.15, -0.1) is 0 Å². The number of carbonyl (C=O) groups is 1. The molecule has 18 heavy (non-hydrogen) atoms. The molecule has 0 aromatic rings. The standard InChI is InChI=1S/C14H26N2OS/c1-10-11(2)18-9-8-16(10)14(17)12-6-4-3-5-7-13(12)15/h10-13H,3-9,15H2,1-2H3. The number of nitrogens with two attached hydrogens (primary N) is 1. The molecule has 4 unspecified atom stereocenters. The Morgan fingerprint density at radius 1 is 1.22 bits per heavy atom. The Hall–Kier alpha value is -0.220. The van der Waals surface area contributed by atoms with E-state index in [9.17, 15) is 4.79 Å². The average Bonchev–Trinajstić information content (AvgIpc) is 2.57. The molecule has 3 nitrogen and oxygen atoms in total. The normalized spacial score (nSPS) is 38.3. The Morgan fingerprint density at radius 2 is 1.94 bits per heavy atom. The van der Waals surface area contributed by atoms with Crippen molar-refractivity contribution < 1.29 is 4.79 Å². The van der Waals surface area contributed by atoms with Crippen LogP contribution in [0.1, 0.15) is 46.0 Å². The Kier molecular flexibility index (Phi) is 4.96. The van der Waals surface area contributed by atoms with Gasteiger partial charge in [-0.3, -0.25) is 4.79 Å². The van der Waals surface area contributed by atoms with Crippen molar-refractivity contribution in [3.05, 3.63) is 0 Å². The highest BCUT2D eigenvalue weighted by Crippen LogP contribution is 2.29. The summed E-state index contributed by atoms with van der Waals surface area (Å²) < 4.78 is 0. The van der Waals surface area contributed by atoms with Crippen LogP contribution in [0.15, 0.2) is 0 Å². The van der Waals surface area contributed by atoms with Gasteiger partial charge in [0.1, 0.15) is 0 Å². The van der Waals surface area contributed by atoms with E-state index < -0.39 is 0 Å². The maximum atomic E-state index is 12.7. The van der Waals surface area contributed by atoms with Crippen molar-refractivity contribution in [3.63, 3.8) is 0 Å². The SMILES string of the molecule is CC1SCCN(C(=O)C2CCCCCC2N)C1C. The summed E-state index contributed by atoms with van der Waals surface area (Å²) in [6.07, 6.45) is 5.59. The van der Waals surface area contributed by atoms with Crippen molar-refractivity contribution in [2.75, 3.05) is 12.3 Å². The molecule has 4 atom stereocenters. The second-order valence-corrected chi connectivity index (χ2v) is 7.24. The lowest BCUT2D eigenvalue weighted by atomic mass is 9.93. The van der Waals surface area contributed by atoms with Gasteiger partial charge < -0.3 is 10.6 Å². The van der Waals surface area contributed by atoms with Gasteiger partial charge in [0.2, 0.25) is 5.91 Å². The quantitative estimate of drug-likeness (QED) is 0.743. The molecule has 104 valence electrons. The smallest absolute Gasteiger partial charge is 0.227 e. The zero-order valence-corrected chi connectivity index (χ0v) is 12.4. The second-order valence-electron chi connectivity index (χ2n) is 5.76. The van der Waals surface area contributed by atoms with Gasteiger partial charge in [0.25, 0.3) is 0 Å². The zero-order valence-electron chi connectivity index (χ0n) is 11.6. The average molecular weight is 270 g/mol. The summed E-state index contributed by atoms with van der Waals surface area (Å²) in [5.41, 5.74) is 6.21. The van der Waals surface area contributed by atoms with E-state index in [1.807, 2.05) is 11.8 Å².